The van der Waals surface area contributed by atoms with E-state index in [-0.39, 0.29) is 11.7 Å². The van der Waals surface area contributed by atoms with Gasteiger partial charge in [-0.3, -0.25) is 9.55 Å². The second kappa shape index (κ2) is 10.1. The Morgan fingerprint density at radius 3 is 2.64 bits per heavy atom. The number of aryl methyl sites for hydroxylation is 1. The van der Waals surface area contributed by atoms with Gasteiger partial charge in [0.25, 0.3) is 0 Å². The van der Waals surface area contributed by atoms with E-state index >= 15 is 0 Å². The number of imidazole rings is 2. The Kier molecular flexibility index (Phi) is 6.57. The van der Waals surface area contributed by atoms with E-state index in [0.717, 1.165) is 47.3 Å². The van der Waals surface area contributed by atoms with Gasteiger partial charge in [-0.1, -0.05) is 38.5 Å². The smallest absolute Gasteiger partial charge is 0.314 e. The zero-order chi connectivity index (χ0) is 25.1. The summed E-state index contributed by atoms with van der Waals surface area (Å²) in [5.74, 6) is 1.25. The molecule has 10 heteroatoms. The number of hydrogen-bond donors (Lipinski definition) is 1. The Hall–Kier alpha value is -4.34. The van der Waals surface area contributed by atoms with Crippen molar-refractivity contribution in [3.63, 3.8) is 0 Å². The fourth-order valence-corrected chi connectivity index (χ4v) is 4.36. The van der Waals surface area contributed by atoms with E-state index in [0.29, 0.717) is 18.3 Å². The lowest BCUT2D eigenvalue weighted by Gasteiger charge is -2.13. The summed E-state index contributed by atoms with van der Waals surface area (Å²) in [6.45, 7) is 6.75. The Bertz CT molecular complexity index is 1510. The van der Waals surface area contributed by atoms with Crippen molar-refractivity contribution in [2.45, 2.75) is 52.6 Å². The van der Waals surface area contributed by atoms with Crippen LogP contribution in [0.5, 0.6) is 0 Å². The quantitative estimate of drug-likeness (QED) is 0.338. The van der Waals surface area contributed by atoms with Crippen molar-refractivity contribution in [1.82, 2.24) is 44.3 Å². The van der Waals surface area contributed by atoms with Gasteiger partial charge in [0, 0.05) is 42.1 Å². The number of benzene rings is 1. The Morgan fingerprint density at radius 1 is 1.03 bits per heavy atom. The first-order valence-corrected chi connectivity index (χ1v) is 12.2. The molecule has 36 heavy (non-hydrogen) atoms. The SMILES string of the molecule is CCCc1cn(-c2nccn2C(C)CC)c(=O)n1Cc1cc(-c2cccc(-c3nnn[nH]3)c2)ccn1. The Balaban J connectivity index is 1.50. The van der Waals surface area contributed by atoms with Crippen LogP contribution in [-0.4, -0.2) is 44.3 Å². The molecule has 1 N–H and O–H groups in total. The fraction of sp³-hybridized carbons (Fsp3) is 0.308. The van der Waals surface area contributed by atoms with Crippen LogP contribution in [0.2, 0.25) is 0 Å². The van der Waals surface area contributed by atoms with E-state index in [2.05, 4.69) is 55.9 Å². The predicted octanol–water partition coefficient (Wildman–Crippen LogP) is 4.05. The molecule has 0 fully saturated rings. The molecule has 0 spiro atoms. The lowest BCUT2D eigenvalue weighted by atomic mass is 10.0. The van der Waals surface area contributed by atoms with Gasteiger partial charge < -0.3 is 4.57 Å². The number of pyridine rings is 1. The molecule has 0 aliphatic rings. The zero-order valence-corrected chi connectivity index (χ0v) is 20.7. The molecule has 10 nitrogen and oxygen atoms in total. The van der Waals surface area contributed by atoms with Crippen LogP contribution >= 0.6 is 0 Å². The second-order valence-electron chi connectivity index (χ2n) is 8.87. The van der Waals surface area contributed by atoms with Crippen LogP contribution < -0.4 is 5.69 Å². The summed E-state index contributed by atoms with van der Waals surface area (Å²) in [4.78, 5) is 22.7. The lowest BCUT2D eigenvalue weighted by molar-refractivity contribution is 0.517. The summed E-state index contributed by atoms with van der Waals surface area (Å²) >= 11 is 0. The van der Waals surface area contributed by atoms with Crippen molar-refractivity contribution in [3.05, 3.63) is 83.1 Å². The molecular formula is C26H29N9O. The topological polar surface area (TPSA) is 112 Å². The van der Waals surface area contributed by atoms with Crippen molar-refractivity contribution in [2.75, 3.05) is 0 Å². The van der Waals surface area contributed by atoms with Gasteiger partial charge >= 0.3 is 5.69 Å². The molecule has 0 radical (unpaired) electrons. The van der Waals surface area contributed by atoms with E-state index in [9.17, 15) is 4.79 Å². The monoisotopic (exact) mass is 483 g/mol. The number of tetrazole rings is 1. The minimum Gasteiger partial charge on any atom is -0.314 e. The average Bonchev–Trinajstić information content (AvgIpc) is 3.67. The molecule has 0 aliphatic heterocycles. The highest BCUT2D eigenvalue weighted by atomic mass is 16.1. The van der Waals surface area contributed by atoms with Crippen molar-refractivity contribution in [1.29, 1.82) is 0 Å². The van der Waals surface area contributed by atoms with E-state index in [4.69, 9.17) is 0 Å². The Morgan fingerprint density at radius 2 is 1.86 bits per heavy atom. The number of H-pyrrole nitrogens is 1. The molecule has 0 saturated carbocycles. The van der Waals surface area contributed by atoms with Crippen LogP contribution in [0.25, 0.3) is 28.5 Å². The molecule has 0 aliphatic carbocycles. The summed E-state index contributed by atoms with van der Waals surface area (Å²) in [6.07, 6.45) is 10.1. The van der Waals surface area contributed by atoms with Crippen molar-refractivity contribution in [2.24, 2.45) is 0 Å². The summed E-state index contributed by atoms with van der Waals surface area (Å²) in [6, 6.07) is 12.2. The molecule has 5 rings (SSSR count). The third-order valence-electron chi connectivity index (χ3n) is 6.45. The van der Waals surface area contributed by atoms with Crippen LogP contribution in [0.15, 0.2) is 66.0 Å². The number of nitrogens with zero attached hydrogens (tertiary/aromatic N) is 8. The summed E-state index contributed by atoms with van der Waals surface area (Å²) < 4.78 is 5.52. The van der Waals surface area contributed by atoms with Crippen LogP contribution in [0, 0.1) is 0 Å². The molecule has 184 valence electrons. The number of aromatic amines is 1. The largest absolute Gasteiger partial charge is 0.335 e. The molecule has 4 heterocycles. The zero-order valence-electron chi connectivity index (χ0n) is 20.7. The third-order valence-corrected chi connectivity index (χ3v) is 6.45. The van der Waals surface area contributed by atoms with Gasteiger partial charge in [-0.05, 0) is 59.5 Å². The molecule has 1 aromatic carbocycles. The van der Waals surface area contributed by atoms with E-state index in [1.807, 2.05) is 53.4 Å². The van der Waals surface area contributed by atoms with Gasteiger partial charge in [-0.2, -0.15) is 0 Å². The Labute approximate surface area is 208 Å². The molecule has 0 amide bonds. The molecule has 5 aromatic rings. The highest BCUT2D eigenvalue weighted by molar-refractivity contribution is 5.70. The summed E-state index contributed by atoms with van der Waals surface area (Å²) in [5, 5.41) is 14.1. The minimum atomic E-state index is -0.110. The van der Waals surface area contributed by atoms with E-state index < -0.39 is 0 Å². The normalized spacial score (nSPS) is 12.2. The first-order valence-electron chi connectivity index (χ1n) is 12.2. The van der Waals surface area contributed by atoms with Gasteiger partial charge in [-0.25, -0.2) is 19.4 Å². The predicted molar refractivity (Wildman–Crippen MR) is 137 cm³/mol. The average molecular weight is 484 g/mol. The van der Waals surface area contributed by atoms with Gasteiger partial charge in [-0.15, -0.1) is 5.10 Å². The van der Waals surface area contributed by atoms with E-state index in [1.165, 1.54) is 0 Å². The first kappa shape index (κ1) is 23.4. The van der Waals surface area contributed by atoms with Gasteiger partial charge in [0.05, 0.1) is 12.2 Å². The maximum Gasteiger partial charge on any atom is 0.335 e. The van der Waals surface area contributed by atoms with Gasteiger partial charge in [0.2, 0.25) is 5.95 Å². The number of nitrogens with one attached hydrogen (secondary N) is 1. The maximum absolute atomic E-state index is 13.6. The van der Waals surface area contributed by atoms with Crippen LogP contribution in [0.4, 0.5) is 0 Å². The van der Waals surface area contributed by atoms with Crippen molar-refractivity contribution >= 4 is 0 Å². The first-order chi connectivity index (χ1) is 17.6. The molecule has 1 atom stereocenters. The summed E-state index contributed by atoms with van der Waals surface area (Å²) in [7, 11) is 0. The highest BCUT2D eigenvalue weighted by Gasteiger charge is 2.18. The van der Waals surface area contributed by atoms with Crippen LogP contribution in [0.3, 0.4) is 0 Å². The fourth-order valence-electron chi connectivity index (χ4n) is 4.36. The van der Waals surface area contributed by atoms with Gasteiger partial charge in [0.15, 0.2) is 5.82 Å². The van der Waals surface area contributed by atoms with Crippen LogP contribution in [0.1, 0.15) is 51.0 Å². The second-order valence-corrected chi connectivity index (χ2v) is 8.87. The molecule has 0 saturated heterocycles. The van der Waals surface area contributed by atoms with Crippen LogP contribution in [-0.2, 0) is 13.0 Å². The molecule has 0 bridgehead atoms. The van der Waals surface area contributed by atoms with Gasteiger partial charge in [0.1, 0.15) is 0 Å². The molecular weight excluding hydrogens is 454 g/mol. The minimum absolute atomic E-state index is 0.110. The standard InChI is InChI=1S/C26H29N9O/c1-4-7-23-17-35(25-28-12-13-33(25)18(3)5-2)26(36)34(23)16-22-15-20(10-11-27-22)19-8-6-9-21(14-19)24-29-31-32-30-24/h6,8-15,17-18H,4-5,7,16H2,1-3H3,(H,29,30,31,32). The lowest BCUT2D eigenvalue weighted by Crippen LogP contribution is -2.27. The third kappa shape index (κ3) is 4.49. The number of rotatable bonds is 9. The number of aromatic nitrogens is 9. The number of hydrogen-bond acceptors (Lipinski definition) is 6. The van der Waals surface area contributed by atoms with Crippen molar-refractivity contribution in [3.8, 4) is 28.5 Å². The molecule has 1 unspecified atom stereocenters. The highest BCUT2D eigenvalue weighted by Crippen LogP contribution is 2.25. The van der Waals surface area contributed by atoms with Crippen molar-refractivity contribution < 1.29 is 0 Å². The molecule has 4 aromatic heterocycles. The van der Waals surface area contributed by atoms with E-state index in [1.54, 1.807) is 17.0 Å². The summed E-state index contributed by atoms with van der Waals surface area (Å²) in [5.41, 5.74) is 4.58. The maximum atomic E-state index is 13.6.